The van der Waals surface area contributed by atoms with E-state index in [1.54, 1.807) is 0 Å². The second-order valence-electron chi connectivity index (χ2n) is 0.785. The molecule has 0 aromatic carbocycles. The Bertz CT molecular complexity index is 89.5. The topological polar surface area (TPSA) is 71.6 Å². The van der Waals surface area contributed by atoms with E-state index >= 15 is 0 Å². The van der Waals surface area contributed by atoms with Crippen LogP contribution in [0.15, 0.2) is 0 Å². The molecular weight excluding hydrogens is 194 g/mol. The number of carboxylic acid groups (broad SMARTS) is 1. The normalized spacial score (nSPS) is 8.78. The van der Waals surface area contributed by atoms with Crippen molar-refractivity contribution in [3.8, 4) is 0 Å². The molecule has 0 unspecified atom stereocenters. The number of carbonyl (C=O) groups excluding carboxylic acids is 1. The Morgan fingerprint density at radius 1 is 1.33 bits per heavy atom. The van der Waals surface area contributed by atoms with Crippen LogP contribution in [0.5, 0.6) is 0 Å². The van der Waals surface area contributed by atoms with E-state index in [-0.39, 0.29) is 25.0 Å². The molecule has 0 saturated heterocycles. The van der Waals surface area contributed by atoms with Crippen LogP contribution in [-0.2, 0) is 24.3 Å². The van der Waals surface area contributed by atoms with Gasteiger partial charge in [-0.1, -0.05) is 0 Å². The van der Waals surface area contributed by atoms with Crippen molar-refractivity contribution in [2.24, 2.45) is 0 Å². The first-order valence-corrected chi connectivity index (χ1v) is 1.23. The SMILES string of the molecule is O.O=C([O-])C(F)(F)F.[Zn+2]. The third-order valence-electron chi connectivity index (χ3n) is 0.231. The zero-order chi connectivity index (χ0) is 6.08. The molecule has 0 atom stereocenters. The summed E-state index contributed by atoms with van der Waals surface area (Å²) in [6.45, 7) is 0. The van der Waals surface area contributed by atoms with Crippen LogP contribution in [0.25, 0.3) is 0 Å². The van der Waals surface area contributed by atoms with Crippen LogP contribution in [0, 0.1) is 0 Å². The van der Waals surface area contributed by atoms with E-state index in [4.69, 9.17) is 9.90 Å². The molecule has 7 heteroatoms. The number of carboxylic acids is 1. The summed E-state index contributed by atoms with van der Waals surface area (Å²) in [7, 11) is 0. The van der Waals surface area contributed by atoms with Crippen LogP contribution in [0.4, 0.5) is 13.2 Å². The first-order chi connectivity index (χ1) is 2.94. The van der Waals surface area contributed by atoms with Gasteiger partial charge in [0.2, 0.25) is 0 Å². The summed E-state index contributed by atoms with van der Waals surface area (Å²) in [5.41, 5.74) is 0. The fourth-order valence-electron chi connectivity index (χ4n) is 0. The second kappa shape index (κ2) is 4.70. The number of rotatable bonds is 0. The fraction of sp³-hybridized carbons (Fsp3) is 0.500. The minimum absolute atomic E-state index is 0. The zero-order valence-corrected chi connectivity index (χ0v) is 7.12. The van der Waals surface area contributed by atoms with Crippen molar-refractivity contribution in [2.75, 3.05) is 0 Å². The molecule has 0 heterocycles. The summed E-state index contributed by atoms with van der Waals surface area (Å²) in [6.07, 6.45) is -5.19. The number of halogens is 3. The van der Waals surface area contributed by atoms with Crippen molar-refractivity contribution in [3.63, 3.8) is 0 Å². The Balaban J connectivity index is -0.000000180. The first kappa shape index (κ1) is 15.9. The maximum absolute atomic E-state index is 10.5. The molecule has 0 bridgehead atoms. The van der Waals surface area contributed by atoms with Gasteiger partial charge < -0.3 is 15.4 Å². The molecule has 0 aliphatic carbocycles. The zero-order valence-electron chi connectivity index (χ0n) is 4.16. The van der Waals surface area contributed by atoms with E-state index in [0.29, 0.717) is 0 Å². The van der Waals surface area contributed by atoms with E-state index in [0.717, 1.165) is 0 Å². The van der Waals surface area contributed by atoms with Gasteiger partial charge in [-0.3, -0.25) is 0 Å². The fourth-order valence-corrected chi connectivity index (χ4v) is 0. The van der Waals surface area contributed by atoms with E-state index in [1.165, 1.54) is 0 Å². The summed E-state index contributed by atoms with van der Waals surface area (Å²) in [5.74, 6) is -3.01. The van der Waals surface area contributed by atoms with Gasteiger partial charge in [0.1, 0.15) is 5.97 Å². The predicted molar refractivity (Wildman–Crippen MR) is 14.7 cm³/mol. The van der Waals surface area contributed by atoms with Gasteiger partial charge in [-0.05, 0) is 0 Å². The minimum atomic E-state index is -5.19. The molecule has 0 spiro atoms. The van der Waals surface area contributed by atoms with E-state index in [9.17, 15) is 13.2 Å². The molecule has 0 radical (unpaired) electrons. The summed E-state index contributed by atoms with van der Waals surface area (Å²) in [6, 6.07) is 0. The molecule has 0 aliphatic heterocycles. The molecule has 0 saturated carbocycles. The van der Waals surface area contributed by atoms with Crippen LogP contribution in [0.1, 0.15) is 0 Å². The van der Waals surface area contributed by atoms with Gasteiger partial charge in [-0.25, -0.2) is 0 Å². The summed E-state index contributed by atoms with van der Waals surface area (Å²) < 4.78 is 31.5. The number of carbonyl (C=O) groups is 1. The van der Waals surface area contributed by atoms with Crippen molar-refractivity contribution in [1.29, 1.82) is 0 Å². The molecule has 0 rings (SSSR count). The van der Waals surface area contributed by atoms with Crippen LogP contribution in [-0.4, -0.2) is 17.6 Å². The molecular formula is C2H2F3O3Zn+. The van der Waals surface area contributed by atoms with Crippen molar-refractivity contribution in [1.82, 2.24) is 0 Å². The van der Waals surface area contributed by atoms with Crippen molar-refractivity contribution in [2.45, 2.75) is 6.18 Å². The number of alkyl halides is 3. The van der Waals surface area contributed by atoms with E-state index in [2.05, 4.69) is 0 Å². The summed E-state index contributed by atoms with van der Waals surface area (Å²) in [4.78, 5) is 8.78. The van der Waals surface area contributed by atoms with Gasteiger partial charge in [0, 0.05) is 0 Å². The Morgan fingerprint density at radius 2 is 1.44 bits per heavy atom. The summed E-state index contributed by atoms with van der Waals surface area (Å²) in [5, 5.41) is 8.78. The third-order valence-corrected chi connectivity index (χ3v) is 0.231. The maximum Gasteiger partial charge on any atom is 2.00 e. The monoisotopic (exact) mass is 195 g/mol. The Kier molecular flexibility index (Phi) is 8.31. The molecule has 0 aromatic rings. The van der Waals surface area contributed by atoms with Gasteiger partial charge in [-0.15, -0.1) is 0 Å². The van der Waals surface area contributed by atoms with Crippen LogP contribution in [0.3, 0.4) is 0 Å². The first-order valence-electron chi connectivity index (χ1n) is 1.23. The third kappa shape index (κ3) is 7.84. The van der Waals surface area contributed by atoms with Crippen LogP contribution in [0.2, 0.25) is 0 Å². The van der Waals surface area contributed by atoms with Gasteiger partial charge in [0.05, 0.1) is 0 Å². The molecule has 0 aliphatic rings. The smallest absolute Gasteiger partial charge is 0.542 e. The standard InChI is InChI=1S/C2HF3O2.H2O.Zn/c3-2(4,5)1(6)7;;/h(H,6,7);1H2;/q;;+2/p-1. The Hall–Kier alpha value is -0.157. The quantitative estimate of drug-likeness (QED) is 0.441. The van der Waals surface area contributed by atoms with E-state index < -0.39 is 12.1 Å². The molecule has 3 nitrogen and oxygen atoms in total. The maximum atomic E-state index is 10.5. The molecule has 2 N–H and O–H groups in total. The van der Waals surface area contributed by atoms with E-state index in [1.807, 2.05) is 0 Å². The second-order valence-corrected chi connectivity index (χ2v) is 0.785. The predicted octanol–water partition coefficient (Wildman–Crippen LogP) is -1.53. The molecule has 0 fully saturated rings. The number of hydrogen-bond donors (Lipinski definition) is 0. The minimum Gasteiger partial charge on any atom is -0.542 e. The van der Waals surface area contributed by atoms with Gasteiger partial charge >= 0.3 is 25.7 Å². The molecule has 50 valence electrons. The average molecular weight is 196 g/mol. The van der Waals surface area contributed by atoms with Crippen molar-refractivity contribution < 1.29 is 48.0 Å². The molecule has 0 aromatic heterocycles. The van der Waals surface area contributed by atoms with Crippen molar-refractivity contribution in [3.05, 3.63) is 0 Å². The Labute approximate surface area is 60.9 Å². The molecule has 0 amide bonds. The average Bonchev–Trinajstić information content (AvgIpc) is 1.31. The van der Waals surface area contributed by atoms with Gasteiger partial charge in [-0.2, -0.15) is 13.2 Å². The molecule has 9 heavy (non-hydrogen) atoms. The summed E-state index contributed by atoms with van der Waals surface area (Å²) >= 11 is 0. The number of aliphatic carboxylic acids is 1. The van der Waals surface area contributed by atoms with Gasteiger partial charge in [0.15, 0.2) is 0 Å². The van der Waals surface area contributed by atoms with Crippen LogP contribution < -0.4 is 5.11 Å². The van der Waals surface area contributed by atoms with Gasteiger partial charge in [0.25, 0.3) is 0 Å². The van der Waals surface area contributed by atoms with Crippen LogP contribution >= 0.6 is 0 Å². The Morgan fingerprint density at radius 3 is 1.44 bits per heavy atom. The van der Waals surface area contributed by atoms with Crippen molar-refractivity contribution >= 4 is 5.97 Å². The largest absolute Gasteiger partial charge is 2.00 e. The number of hydrogen-bond acceptors (Lipinski definition) is 2.